The molecule has 86 valence electrons. The number of likely N-dealkylation sites (tertiary alicyclic amines) is 1. The monoisotopic (exact) mass is 217 g/mol. The number of Topliss-reactive ketones (excluding diaryl/α,β-unsaturated/α-hetero) is 1. The topological polar surface area (TPSA) is 20.3 Å². The summed E-state index contributed by atoms with van der Waals surface area (Å²) in [5, 5.41) is 0. The second-order valence-electron chi connectivity index (χ2n) is 4.94. The molecular weight excluding hydrogens is 198 g/mol. The van der Waals surface area contributed by atoms with Crippen LogP contribution in [0.2, 0.25) is 0 Å². The minimum Gasteiger partial charge on any atom is -0.298 e. The van der Waals surface area contributed by atoms with E-state index in [0.29, 0.717) is 24.3 Å². The number of carbonyl (C=O) groups is 1. The van der Waals surface area contributed by atoms with Crippen LogP contribution >= 0.6 is 0 Å². The van der Waals surface area contributed by atoms with Crippen LogP contribution in [0, 0.1) is 5.92 Å². The average molecular weight is 217 g/mol. The third-order valence-electron chi connectivity index (χ3n) is 3.28. The predicted molar refractivity (Wildman–Crippen MR) is 65.1 cm³/mol. The van der Waals surface area contributed by atoms with E-state index >= 15 is 0 Å². The van der Waals surface area contributed by atoms with Gasteiger partial charge in [0.15, 0.2) is 0 Å². The van der Waals surface area contributed by atoms with Crippen molar-refractivity contribution in [2.75, 3.05) is 6.54 Å². The fourth-order valence-corrected chi connectivity index (χ4v) is 2.42. The highest BCUT2D eigenvalue weighted by Gasteiger charge is 2.32. The van der Waals surface area contributed by atoms with Crippen molar-refractivity contribution in [1.29, 1.82) is 0 Å². The zero-order valence-corrected chi connectivity index (χ0v) is 10.0. The first kappa shape index (κ1) is 11.3. The molecule has 1 fully saturated rings. The lowest BCUT2D eigenvalue weighted by Gasteiger charge is -2.26. The van der Waals surface area contributed by atoms with Crippen molar-refractivity contribution in [3.63, 3.8) is 0 Å². The maximum Gasteiger partial charge on any atom is 0.148 e. The fourth-order valence-electron chi connectivity index (χ4n) is 2.42. The Hall–Kier alpha value is -1.15. The van der Waals surface area contributed by atoms with E-state index in [0.717, 1.165) is 13.0 Å². The highest BCUT2D eigenvalue weighted by atomic mass is 16.1. The van der Waals surface area contributed by atoms with Gasteiger partial charge in [-0.3, -0.25) is 9.69 Å². The minimum absolute atomic E-state index is 0.384. The lowest BCUT2D eigenvalue weighted by atomic mass is 10.0. The van der Waals surface area contributed by atoms with Crippen LogP contribution in [-0.2, 0) is 11.3 Å². The third-order valence-corrected chi connectivity index (χ3v) is 3.28. The molecule has 0 saturated carbocycles. The molecule has 0 bridgehead atoms. The highest BCUT2D eigenvalue weighted by Crippen LogP contribution is 2.23. The number of hydrogen-bond donors (Lipinski definition) is 0. The molecule has 0 aromatic heterocycles. The quantitative estimate of drug-likeness (QED) is 0.775. The molecule has 0 radical (unpaired) electrons. The summed E-state index contributed by atoms with van der Waals surface area (Å²) in [5.74, 6) is 0.935. The van der Waals surface area contributed by atoms with E-state index in [1.54, 1.807) is 0 Å². The van der Waals surface area contributed by atoms with Crippen LogP contribution in [-0.4, -0.2) is 23.3 Å². The highest BCUT2D eigenvalue weighted by molar-refractivity contribution is 5.83. The van der Waals surface area contributed by atoms with E-state index in [1.165, 1.54) is 5.56 Å². The summed E-state index contributed by atoms with van der Waals surface area (Å²) in [6.07, 6.45) is 0.727. The summed E-state index contributed by atoms with van der Waals surface area (Å²) in [6.45, 7) is 5.91. The normalized spacial score (nSPS) is 21.9. The van der Waals surface area contributed by atoms with Crippen LogP contribution in [0.4, 0.5) is 0 Å². The maximum absolute atomic E-state index is 11.5. The number of ketones is 1. The van der Waals surface area contributed by atoms with Crippen molar-refractivity contribution >= 4 is 5.78 Å². The molecule has 1 aromatic rings. The Bertz CT molecular complexity index is 358. The molecule has 1 saturated heterocycles. The first-order chi connectivity index (χ1) is 7.66. The van der Waals surface area contributed by atoms with E-state index < -0.39 is 0 Å². The number of benzene rings is 1. The Morgan fingerprint density at radius 1 is 1.31 bits per heavy atom. The van der Waals surface area contributed by atoms with E-state index in [4.69, 9.17) is 0 Å². The summed E-state index contributed by atoms with van der Waals surface area (Å²) in [7, 11) is 0. The molecule has 2 heteroatoms. The van der Waals surface area contributed by atoms with Crippen LogP contribution in [0.3, 0.4) is 0 Å². The maximum atomic E-state index is 11.5. The molecule has 1 atom stereocenters. The number of nitrogens with zero attached hydrogens (tertiary/aromatic N) is 1. The second kappa shape index (κ2) is 4.79. The Kier molecular flexibility index (Phi) is 3.39. The number of carbonyl (C=O) groups excluding carboxylic acids is 1. The molecule has 0 amide bonds. The fraction of sp³-hybridized carbons (Fsp3) is 0.500. The average Bonchev–Trinajstić information content (AvgIpc) is 2.61. The minimum atomic E-state index is 0.384. The zero-order chi connectivity index (χ0) is 11.5. The Morgan fingerprint density at radius 2 is 2.00 bits per heavy atom. The van der Waals surface area contributed by atoms with Gasteiger partial charge in [0.2, 0.25) is 0 Å². The lowest BCUT2D eigenvalue weighted by molar-refractivity contribution is -0.117. The van der Waals surface area contributed by atoms with E-state index in [2.05, 4.69) is 43.0 Å². The summed E-state index contributed by atoms with van der Waals surface area (Å²) in [4.78, 5) is 13.8. The van der Waals surface area contributed by atoms with Gasteiger partial charge in [-0.25, -0.2) is 0 Å². The molecule has 0 aliphatic carbocycles. The summed E-state index contributed by atoms with van der Waals surface area (Å²) < 4.78 is 0. The lowest BCUT2D eigenvalue weighted by Crippen LogP contribution is -2.32. The molecule has 1 aromatic carbocycles. The van der Waals surface area contributed by atoms with Crippen LogP contribution in [0.1, 0.15) is 25.8 Å². The summed E-state index contributed by atoms with van der Waals surface area (Å²) in [5.41, 5.74) is 1.29. The molecule has 1 unspecified atom stereocenters. The van der Waals surface area contributed by atoms with Gasteiger partial charge in [0, 0.05) is 19.0 Å². The smallest absolute Gasteiger partial charge is 0.148 e. The third kappa shape index (κ3) is 2.50. The Morgan fingerprint density at radius 3 is 2.62 bits per heavy atom. The van der Waals surface area contributed by atoms with Crippen molar-refractivity contribution < 1.29 is 4.79 Å². The standard InChI is InChI=1S/C14H19NO/c1-11(2)14-8-13(16)10-15(14)9-12-6-4-3-5-7-12/h3-7,11,14H,8-10H2,1-2H3. The molecule has 16 heavy (non-hydrogen) atoms. The van der Waals surface area contributed by atoms with Crippen LogP contribution in [0.15, 0.2) is 30.3 Å². The summed E-state index contributed by atoms with van der Waals surface area (Å²) >= 11 is 0. The van der Waals surface area contributed by atoms with Crippen molar-refractivity contribution in [3.05, 3.63) is 35.9 Å². The predicted octanol–water partition coefficient (Wildman–Crippen LogP) is 2.49. The molecular formula is C14H19NO. The molecule has 2 nitrogen and oxygen atoms in total. The SMILES string of the molecule is CC(C)C1CC(=O)CN1Cc1ccccc1. The molecule has 2 rings (SSSR count). The van der Waals surface area contributed by atoms with Gasteiger partial charge < -0.3 is 0 Å². The van der Waals surface area contributed by atoms with Crippen molar-refractivity contribution in [3.8, 4) is 0 Å². The largest absolute Gasteiger partial charge is 0.298 e. The van der Waals surface area contributed by atoms with Gasteiger partial charge in [0.05, 0.1) is 6.54 Å². The van der Waals surface area contributed by atoms with E-state index in [-0.39, 0.29) is 0 Å². The van der Waals surface area contributed by atoms with Gasteiger partial charge in [-0.2, -0.15) is 0 Å². The van der Waals surface area contributed by atoms with Gasteiger partial charge in [-0.15, -0.1) is 0 Å². The second-order valence-corrected chi connectivity index (χ2v) is 4.94. The zero-order valence-electron chi connectivity index (χ0n) is 10.0. The molecule has 1 heterocycles. The van der Waals surface area contributed by atoms with Crippen molar-refractivity contribution in [2.45, 2.75) is 32.9 Å². The van der Waals surface area contributed by atoms with Crippen LogP contribution < -0.4 is 0 Å². The van der Waals surface area contributed by atoms with Gasteiger partial charge in [0.1, 0.15) is 5.78 Å². The molecule has 1 aliphatic rings. The van der Waals surface area contributed by atoms with Gasteiger partial charge >= 0.3 is 0 Å². The van der Waals surface area contributed by atoms with Crippen molar-refractivity contribution in [1.82, 2.24) is 4.90 Å². The molecule has 0 N–H and O–H groups in total. The van der Waals surface area contributed by atoms with Crippen molar-refractivity contribution in [2.24, 2.45) is 5.92 Å². The summed E-state index contributed by atoms with van der Waals surface area (Å²) in [6, 6.07) is 10.8. The van der Waals surface area contributed by atoms with Crippen LogP contribution in [0.5, 0.6) is 0 Å². The number of hydrogen-bond acceptors (Lipinski definition) is 2. The van der Waals surface area contributed by atoms with Gasteiger partial charge in [-0.1, -0.05) is 44.2 Å². The number of rotatable bonds is 3. The van der Waals surface area contributed by atoms with Gasteiger partial charge in [0.25, 0.3) is 0 Å². The first-order valence-corrected chi connectivity index (χ1v) is 5.96. The van der Waals surface area contributed by atoms with E-state index in [1.807, 2.05) is 6.07 Å². The van der Waals surface area contributed by atoms with Crippen LogP contribution in [0.25, 0.3) is 0 Å². The molecule has 0 spiro atoms. The molecule has 1 aliphatic heterocycles. The first-order valence-electron chi connectivity index (χ1n) is 5.96. The van der Waals surface area contributed by atoms with Gasteiger partial charge in [-0.05, 0) is 11.5 Å². The Balaban J connectivity index is 2.06. The Labute approximate surface area is 97.3 Å². The van der Waals surface area contributed by atoms with E-state index in [9.17, 15) is 4.79 Å².